The first kappa shape index (κ1) is 15.0. The monoisotopic (exact) mass is 228 g/mol. The molecule has 0 unspecified atom stereocenters. The molecule has 1 aliphatic rings. The molecule has 0 heterocycles. The van der Waals surface area contributed by atoms with Gasteiger partial charge in [0.25, 0.3) is 0 Å². The second-order valence-electron chi connectivity index (χ2n) is 3.42. The normalized spacial score (nSPS) is 14.2. The number of hydrogen-bond donors (Lipinski definition) is 2. The highest BCUT2D eigenvalue weighted by molar-refractivity contribution is 5.19. The van der Waals surface area contributed by atoms with Crippen LogP contribution in [-0.4, -0.2) is 41.5 Å². The van der Waals surface area contributed by atoms with E-state index in [9.17, 15) is 0 Å². The topological polar surface area (TPSA) is 42.5 Å². The number of allylic oxidation sites excluding steroid dienone is 4. The van der Waals surface area contributed by atoms with Gasteiger partial charge < -0.3 is 20.1 Å². The molecule has 0 radical (unpaired) electrons. The van der Waals surface area contributed by atoms with Gasteiger partial charge in [-0.05, 0) is 32.7 Å². The Morgan fingerprint density at radius 2 is 1.81 bits per heavy atom. The van der Waals surface area contributed by atoms with Gasteiger partial charge >= 0.3 is 0 Å². The molecule has 2 N–H and O–H groups in total. The van der Waals surface area contributed by atoms with Crippen LogP contribution in [0.1, 0.15) is 12.8 Å². The standard InChI is InChI=1S/C10H17NO2.C2H7N/c1-11-9-3-5-10(6-4-9)13-8-7-12-2;1-3-2/h3,5,11H,4,6-8H2,1-2H3;3H,1-2H3. The van der Waals surface area contributed by atoms with Crippen LogP contribution in [0.5, 0.6) is 0 Å². The number of ether oxygens (including phenoxy) is 2. The maximum atomic E-state index is 5.48. The molecule has 94 valence electrons. The van der Waals surface area contributed by atoms with Gasteiger partial charge in [-0.25, -0.2) is 0 Å². The van der Waals surface area contributed by atoms with Crippen molar-refractivity contribution in [3.8, 4) is 0 Å². The minimum absolute atomic E-state index is 0.644. The predicted octanol–water partition coefficient (Wildman–Crippen LogP) is 1.27. The van der Waals surface area contributed by atoms with Crippen LogP contribution in [0.4, 0.5) is 0 Å². The summed E-state index contributed by atoms with van der Waals surface area (Å²) in [7, 11) is 7.37. The van der Waals surface area contributed by atoms with Crippen molar-refractivity contribution in [2.24, 2.45) is 0 Å². The van der Waals surface area contributed by atoms with Gasteiger partial charge in [0.15, 0.2) is 0 Å². The maximum absolute atomic E-state index is 5.48. The summed E-state index contributed by atoms with van der Waals surface area (Å²) in [5.74, 6) is 1.05. The zero-order valence-corrected chi connectivity index (χ0v) is 10.8. The number of hydrogen-bond acceptors (Lipinski definition) is 4. The van der Waals surface area contributed by atoms with E-state index in [1.807, 2.05) is 27.2 Å². The Morgan fingerprint density at radius 1 is 1.12 bits per heavy atom. The highest BCUT2D eigenvalue weighted by atomic mass is 16.5. The van der Waals surface area contributed by atoms with E-state index in [4.69, 9.17) is 9.47 Å². The Morgan fingerprint density at radius 3 is 2.25 bits per heavy atom. The van der Waals surface area contributed by atoms with Gasteiger partial charge in [0.05, 0.1) is 12.4 Å². The summed E-state index contributed by atoms with van der Waals surface area (Å²) in [5.41, 5.74) is 1.26. The van der Waals surface area contributed by atoms with Gasteiger partial charge in [0, 0.05) is 26.3 Å². The fourth-order valence-electron chi connectivity index (χ4n) is 1.20. The first-order chi connectivity index (χ1) is 7.78. The first-order valence-corrected chi connectivity index (χ1v) is 5.56. The summed E-state index contributed by atoms with van der Waals surface area (Å²) >= 11 is 0. The lowest BCUT2D eigenvalue weighted by atomic mass is 10.1. The molecule has 0 saturated heterocycles. The molecule has 0 amide bonds. The average Bonchev–Trinajstić information content (AvgIpc) is 2.31. The molecule has 1 rings (SSSR count). The lowest BCUT2D eigenvalue weighted by Crippen LogP contribution is -2.10. The van der Waals surface area contributed by atoms with Crippen molar-refractivity contribution < 1.29 is 9.47 Å². The minimum atomic E-state index is 0.644. The maximum Gasteiger partial charge on any atom is 0.111 e. The van der Waals surface area contributed by atoms with Gasteiger partial charge in [0.1, 0.15) is 6.61 Å². The van der Waals surface area contributed by atoms with E-state index in [-0.39, 0.29) is 0 Å². The molecule has 0 aromatic rings. The average molecular weight is 228 g/mol. The van der Waals surface area contributed by atoms with E-state index in [1.54, 1.807) is 7.11 Å². The molecular weight excluding hydrogens is 204 g/mol. The Kier molecular flexibility index (Phi) is 9.86. The molecule has 4 heteroatoms. The molecule has 0 aromatic carbocycles. The van der Waals surface area contributed by atoms with E-state index in [1.165, 1.54) is 5.70 Å². The molecule has 0 bridgehead atoms. The van der Waals surface area contributed by atoms with Gasteiger partial charge in [-0.1, -0.05) is 0 Å². The highest BCUT2D eigenvalue weighted by Crippen LogP contribution is 2.16. The van der Waals surface area contributed by atoms with Crippen LogP contribution in [0.3, 0.4) is 0 Å². The van der Waals surface area contributed by atoms with E-state index in [0.29, 0.717) is 13.2 Å². The molecule has 0 aromatic heterocycles. The summed E-state index contributed by atoms with van der Waals surface area (Å²) in [6.07, 6.45) is 6.10. The second kappa shape index (κ2) is 10.5. The van der Waals surface area contributed by atoms with Gasteiger partial charge in [-0.15, -0.1) is 0 Å². The summed E-state index contributed by atoms with van der Waals surface area (Å²) in [6.45, 7) is 1.30. The van der Waals surface area contributed by atoms with Crippen LogP contribution < -0.4 is 10.6 Å². The van der Waals surface area contributed by atoms with Crippen LogP contribution in [0.2, 0.25) is 0 Å². The third kappa shape index (κ3) is 7.31. The molecule has 0 atom stereocenters. The van der Waals surface area contributed by atoms with Gasteiger partial charge in [-0.2, -0.15) is 0 Å². The number of methoxy groups -OCH3 is 1. The quantitative estimate of drug-likeness (QED) is 0.695. The zero-order chi connectivity index (χ0) is 12.2. The molecule has 16 heavy (non-hydrogen) atoms. The summed E-state index contributed by atoms with van der Waals surface area (Å²) < 4.78 is 10.4. The van der Waals surface area contributed by atoms with Crippen molar-refractivity contribution in [1.82, 2.24) is 10.6 Å². The summed E-state index contributed by atoms with van der Waals surface area (Å²) in [5, 5.41) is 5.88. The lowest BCUT2D eigenvalue weighted by molar-refractivity contribution is 0.106. The van der Waals surface area contributed by atoms with Crippen molar-refractivity contribution in [1.29, 1.82) is 0 Å². The Bertz CT molecular complexity index is 225. The fraction of sp³-hybridized carbons (Fsp3) is 0.667. The van der Waals surface area contributed by atoms with Crippen molar-refractivity contribution in [2.75, 3.05) is 41.5 Å². The van der Waals surface area contributed by atoms with Crippen LogP contribution >= 0.6 is 0 Å². The van der Waals surface area contributed by atoms with Crippen LogP contribution in [-0.2, 0) is 9.47 Å². The molecule has 0 aliphatic heterocycles. The summed E-state index contributed by atoms with van der Waals surface area (Å²) in [4.78, 5) is 0. The van der Waals surface area contributed by atoms with Crippen molar-refractivity contribution >= 4 is 0 Å². The molecule has 1 aliphatic carbocycles. The first-order valence-electron chi connectivity index (χ1n) is 5.56. The molecular formula is C12H24N2O2. The molecule has 0 fully saturated rings. The van der Waals surface area contributed by atoms with Crippen molar-refractivity contribution in [3.63, 3.8) is 0 Å². The Labute approximate surface area is 98.7 Å². The molecule has 0 spiro atoms. The molecule has 4 nitrogen and oxygen atoms in total. The van der Waals surface area contributed by atoms with Gasteiger partial charge in [-0.3, -0.25) is 0 Å². The third-order valence-electron chi connectivity index (χ3n) is 2.01. The predicted molar refractivity (Wildman–Crippen MR) is 67.3 cm³/mol. The van der Waals surface area contributed by atoms with Crippen LogP contribution in [0, 0.1) is 0 Å². The molecule has 0 saturated carbocycles. The largest absolute Gasteiger partial charge is 0.496 e. The van der Waals surface area contributed by atoms with Crippen molar-refractivity contribution in [2.45, 2.75) is 12.8 Å². The summed E-state index contributed by atoms with van der Waals surface area (Å²) in [6, 6.07) is 0. The number of nitrogens with one attached hydrogen (secondary N) is 2. The number of rotatable bonds is 5. The van der Waals surface area contributed by atoms with E-state index in [0.717, 1.165) is 18.6 Å². The third-order valence-corrected chi connectivity index (χ3v) is 2.01. The SMILES string of the molecule is CNC.CNC1=CC=C(OCCOC)CC1. The van der Waals surface area contributed by atoms with E-state index < -0.39 is 0 Å². The Hall–Kier alpha value is -1.00. The lowest BCUT2D eigenvalue weighted by Gasteiger charge is -2.15. The second-order valence-corrected chi connectivity index (χ2v) is 3.42. The fourth-order valence-corrected chi connectivity index (χ4v) is 1.20. The van der Waals surface area contributed by atoms with Crippen molar-refractivity contribution in [3.05, 3.63) is 23.6 Å². The smallest absolute Gasteiger partial charge is 0.111 e. The van der Waals surface area contributed by atoms with Crippen LogP contribution in [0.25, 0.3) is 0 Å². The van der Waals surface area contributed by atoms with E-state index in [2.05, 4.69) is 16.7 Å². The van der Waals surface area contributed by atoms with Gasteiger partial charge in [0.2, 0.25) is 0 Å². The van der Waals surface area contributed by atoms with Crippen LogP contribution in [0.15, 0.2) is 23.6 Å². The highest BCUT2D eigenvalue weighted by Gasteiger charge is 2.05. The Balaban J connectivity index is 0.000000673. The van der Waals surface area contributed by atoms with E-state index >= 15 is 0 Å². The minimum Gasteiger partial charge on any atom is -0.496 e. The zero-order valence-electron chi connectivity index (χ0n) is 10.8.